The van der Waals surface area contributed by atoms with Gasteiger partial charge in [0.25, 0.3) is 0 Å². The van der Waals surface area contributed by atoms with Crippen LogP contribution in [0.25, 0.3) is 0 Å². The molecule has 0 saturated carbocycles. The summed E-state index contributed by atoms with van der Waals surface area (Å²) in [5.41, 5.74) is 6.71. The average molecular weight is 472 g/mol. The number of fused-ring (bicyclic) bond motifs is 1. The number of aryl methyl sites for hydroxylation is 1. The first-order valence-electron chi connectivity index (χ1n) is 12.3. The molecular formula is C29H42ClNO2. The lowest BCUT2D eigenvalue weighted by atomic mass is 9.70. The van der Waals surface area contributed by atoms with Crippen LogP contribution >= 0.6 is 11.6 Å². The third-order valence-corrected chi connectivity index (χ3v) is 7.43. The van der Waals surface area contributed by atoms with Gasteiger partial charge in [-0.25, -0.2) is 0 Å². The van der Waals surface area contributed by atoms with Crippen LogP contribution in [0.2, 0.25) is 0 Å². The van der Waals surface area contributed by atoms with E-state index < -0.39 is 0 Å². The standard InChI is InChI=1S/C29H42ClNO2/c1-19(2)22-10-9-11-23(20(3)4)27(22)31-28(5,6)18-29(14-15-30)13-12-21-16-25(32-7)26(33-8)17-24(21)29/h9-11,16-17,19-20,31H,12-15,18H2,1-8H3. The van der Waals surface area contributed by atoms with Crippen LogP contribution < -0.4 is 14.8 Å². The summed E-state index contributed by atoms with van der Waals surface area (Å²) in [6, 6.07) is 11.1. The fourth-order valence-electron chi connectivity index (χ4n) is 5.77. The molecule has 0 spiro atoms. The van der Waals surface area contributed by atoms with Crippen molar-refractivity contribution in [3.8, 4) is 11.5 Å². The van der Waals surface area contributed by atoms with Crippen LogP contribution in [-0.4, -0.2) is 25.6 Å². The van der Waals surface area contributed by atoms with E-state index in [-0.39, 0.29) is 11.0 Å². The SMILES string of the molecule is COc1cc2c(cc1OC)C(CCCl)(CC(C)(C)Nc1c(C(C)C)cccc1C(C)C)CC2. The van der Waals surface area contributed by atoms with Crippen LogP contribution in [0.15, 0.2) is 30.3 Å². The van der Waals surface area contributed by atoms with Crippen molar-refractivity contribution in [2.45, 2.75) is 90.0 Å². The maximum absolute atomic E-state index is 6.42. The van der Waals surface area contributed by atoms with Gasteiger partial charge in [0, 0.05) is 17.1 Å². The maximum atomic E-state index is 6.42. The van der Waals surface area contributed by atoms with E-state index in [4.69, 9.17) is 21.1 Å². The number of methoxy groups -OCH3 is 2. The Morgan fingerprint density at radius 1 is 1.00 bits per heavy atom. The van der Waals surface area contributed by atoms with Crippen LogP contribution in [0.5, 0.6) is 11.5 Å². The largest absolute Gasteiger partial charge is 0.493 e. The molecule has 182 valence electrons. The smallest absolute Gasteiger partial charge is 0.161 e. The summed E-state index contributed by atoms with van der Waals surface area (Å²) in [4.78, 5) is 0. The first-order valence-corrected chi connectivity index (χ1v) is 12.8. The molecule has 0 heterocycles. The van der Waals surface area contributed by atoms with Gasteiger partial charge in [-0.15, -0.1) is 11.6 Å². The van der Waals surface area contributed by atoms with Crippen molar-refractivity contribution in [3.63, 3.8) is 0 Å². The van der Waals surface area contributed by atoms with Gasteiger partial charge in [0.15, 0.2) is 11.5 Å². The fraction of sp³-hybridized carbons (Fsp3) is 0.586. The topological polar surface area (TPSA) is 30.5 Å². The molecule has 0 saturated heterocycles. The first kappa shape index (κ1) is 25.7. The molecule has 0 fully saturated rings. The van der Waals surface area contributed by atoms with Crippen LogP contribution in [0.4, 0.5) is 5.69 Å². The highest BCUT2D eigenvalue weighted by Gasteiger charge is 2.43. The van der Waals surface area contributed by atoms with E-state index in [2.05, 4.69) is 77.2 Å². The lowest BCUT2D eigenvalue weighted by Crippen LogP contribution is -2.41. The lowest BCUT2D eigenvalue weighted by Gasteiger charge is -2.40. The Morgan fingerprint density at radius 2 is 1.58 bits per heavy atom. The molecule has 1 aliphatic rings. The zero-order valence-electron chi connectivity index (χ0n) is 21.8. The Balaban J connectivity index is 2.02. The van der Waals surface area contributed by atoms with E-state index in [0.29, 0.717) is 17.7 Å². The van der Waals surface area contributed by atoms with Crippen molar-refractivity contribution in [3.05, 3.63) is 52.6 Å². The van der Waals surface area contributed by atoms with Crippen LogP contribution in [-0.2, 0) is 11.8 Å². The Kier molecular flexibility index (Phi) is 7.94. The molecule has 33 heavy (non-hydrogen) atoms. The molecule has 4 heteroatoms. The molecule has 0 aromatic heterocycles. The Bertz CT molecular complexity index is 940. The van der Waals surface area contributed by atoms with Crippen molar-refractivity contribution in [1.29, 1.82) is 0 Å². The monoisotopic (exact) mass is 471 g/mol. The number of benzene rings is 2. The van der Waals surface area contributed by atoms with Crippen molar-refractivity contribution >= 4 is 17.3 Å². The third-order valence-electron chi connectivity index (χ3n) is 7.24. The molecule has 0 bridgehead atoms. The second-order valence-electron chi connectivity index (χ2n) is 10.9. The molecule has 1 atom stereocenters. The summed E-state index contributed by atoms with van der Waals surface area (Å²) in [7, 11) is 3.42. The molecule has 3 rings (SSSR count). The lowest BCUT2D eigenvalue weighted by molar-refractivity contribution is 0.308. The summed E-state index contributed by atoms with van der Waals surface area (Å²) in [6.07, 6.45) is 4.09. The molecule has 0 radical (unpaired) electrons. The Morgan fingerprint density at radius 3 is 2.09 bits per heavy atom. The summed E-state index contributed by atoms with van der Waals surface area (Å²) in [5, 5.41) is 4.01. The predicted octanol–water partition coefficient (Wildman–Crippen LogP) is 8.04. The zero-order chi connectivity index (χ0) is 24.4. The van der Waals surface area contributed by atoms with Gasteiger partial charge in [-0.1, -0.05) is 45.9 Å². The van der Waals surface area contributed by atoms with E-state index in [0.717, 1.165) is 37.2 Å². The highest BCUT2D eigenvalue weighted by Crippen LogP contribution is 2.50. The van der Waals surface area contributed by atoms with E-state index >= 15 is 0 Å². The van der Waals surface area contributed by atoms with E-state index in [1.54, 1.807) is 14.2 Å². The normalized spacial score (nSPS) is 18.0. The van der Waals surface area contributed by atoms with Gasteiger partial charge in [0.2, 0.25) is 0 Å². The van der Waals surface area contributed by atoms with Gasteiger partial charge in [0.1, 0.15) is 0 Å². The molecular weight excluding hydrogens is 430 g/mol. The summed E-state index contributed by atoms with van der Waals surface area (Å²) in [6.45, 7) is 13.8. The molecule has 1 aliphatic carbocycles. The fourth-order valence-corrected chi connectivity index (χ4v) is 6.13. The van der Waals surface area contributed by atoms with Gasteiger partial charge in [0.05, 0.1) is 14.2 Å². The van der Waals surface area contributed by atoms with E-state index in [1.165, 1.54) is 27.9 Å². The number of halogens is 1. The number of anilines is 1. The molecule has 1 N–H and O–H groups in total. The molecule has 0 aliphatic heterocycles. The summed E-state index contributed by atoms with van der Waals surface area (Å²) < 4.78 is 11.2. The number of rotatable bonds is 10. The number of nitrogens with one attached hydrogen (secondary N) is 1. The van der Waals surface area contributed by atoms with Gasteiger partial charge in [-0.2, -0.15) is 0 Å². The van der Waals surface area contributed by atoms with Crippen LogP contribution in [0.1, 0.15) is 94.9 Å². The number of alkyl halides is 1. The quantitative estimate of drug-likeness (QED) is 0.355. The number of hydrogen-bond acceptors (Lipinski definition) is 3. The summed E-state index contributed by atoms with van der Waals surface area (Å²) >= 11 is 6.42. The van der Waals surface area contributed by atoms with Crippen molar-refractivity contribution in [1.82, 2.24) is 0 Å². The Hall–Kier alpha value is -1.87. The number of para-hydroxylation sites is 1. The van der Waals surface area contributed by atoms with Crippen molar-refractivity contribution in [2.24, 2.45) is 0 Å². The molecule has 1 unspecified atom stereocenters. The highest BCUT2D eigenvalue weighted by atomic mass is 35.5. The molecule has 2 aromatic rings. The zero-order valence-corrected chi connectivity index (χ0v) is 22.5. The van der Waals surface area contributed by atoms with Gasteiger partial charge >= 0.3 is 0 Å². The minimum Gasteiger partial charge on any atom is -0.493 e. The van der Waals surface area contributed by atoms with Gasteiger partial charge in [-0.3, -0.25) is 0 Å². The molecule has 0 amide bonds. The molecule has 3 nitrogen and oxygen atoms in total. The molecule has 2 aromatic carbocycles. The highest BCUT2D eigenvalue weighted by molar-refractivity contribution is 6.17. The second kappa shape index (κ2) is 10.2. The van der Waals surface area contributed by atoms with Gasteiger partial charge < -0.3 is 14.8 Å². The van der Waals surface area contributed by atoms with Crippen LogP contribution in [0, 0.1) is 0 Å². The van der Waals surface area contributed by atoms with E-state index in [1.807, 2.05) is 0 Å². The maximum Gasteiger partial charge on any atom is 0.161 e. The first-order chi connectivity index (χ1) is 15.6. The third kappa shape index (κ3) is 5.29. The minimum absolute atomic E-state index is 0.0118. The average Bonchev–Trinajstić information content (AvgIpc) is 3.08. The van der Waals surface area contributed by atoms with Crippen molar-refractivity contribution < 1.29 is 9.47 Å². The predicted molar refractivity (Wildman–Crippen MR) is 142 cm³/mol. The number of hydrogen-bond donors (Lipinski definition) is 1. The Labute approximate surface area is 206 Å². The second-order valence-corrected chi connectivity index (χ2v) is 11.3. The van der Waals surface area contributed by atoms with Gasteiger partial charge in [-0.05, 0) is 91.2 Å². The minimum atomic E-state index is -0.116. The summed E-state index contributed by atoms with van der Waals surface area (Å²) in [5.74, 6) is 3.17. The van der Waals surface area contributed by atoms with E-state index in [9.17, 15) is 0 Å². The number of ether oxygens (including phenoxy) is 2. The van der Waals surface area contributed by atoms with Crippen molar-refractivity contribution in [2.75, 3.05) is 25.4 Å². The van der Waals surface area contributed by atoms with Crippen LogP contribution in [0.3, 0.4) is 0 Å².